The molecule has 0 bridgehead atoms. The maximum atomic E-state index is 12.9. The van der Waals surface area contributed by atoms with Gasteiger partial charge in [-0.25, -0.2) is 8.42 Å². The van der Waals surface area contributed by atoms with Gasteiger partial charge in [0.15, 0.2) is 0 Å². The van der Waals surface area contributed by atoms with Crippen LogP contribution in [0.4, 0.5) is 11.4 Å². The van der Waals surface area contributed by atoms with E-state index in [0.717, 1.165) is 6.07 Å². The Morgan fingerprint density at radius 3 is 2.38 bits per heavy atom. The zero-order valence-electron chi connectivity index (χ0n) is 13.2. The van der Waals surface area contributed by atoms with Crippen molar-refractivity contribution in [2.75, 3.05) is 10.8 Å². The van der Waals surface area contributed by atoms with Gasteiger partial charge in [-0.2, -0.15) is 0 Å². The van der Waals surface area contributed by atoms with E-state index in [9.17, 15) is 23.3 Å². The minimum absolute atomic E-state index is 0.0321. The van der Waals surface area contributed by atoms with Crippen molar-refractivity contribution in [3.05, 3.63) is 62.1 Å². The predicted octanol–water partition coefficient (Wildman–Crippen LogP) is 3.49. The third-order valence-corrected chi connectivity index (χ3v) is 5.94. The van der Waals surface area contributed by atoms with E-state index in [-0.39, 0.29) is 21.3 Å². The second-order valence-corrected chi connectivity index (χ2v) is 7.89. The van der Waals surface area contributed by atoms with E-state index in [0.29, 0.717) is 4.31 Å². The molecule has 0 aromatic heterocycles. The molecule has 0 saturated carbocycles. The Kier molecular flexibility index (Phi) is 5.74. The van der Waals surface area contributed by atoms with Gasteiger partial charge in [-0.1, -0.05) is 29.3 Å². The number of nitrogens with zero attached hydrogens (tertiary/aromatic N) is 2. The van der Waals surface area contributed by atoms with E-state index in [4.69, 9.17) is 28.3 Å². The lowest BCUT2D eigenvalue weighted by atomic mass is 10.2. The summed E-state index contributed by atoms with van der Waals surface area (Å²) in [5.41, 5.74) is -0.159. The summed E-state index contributed by atoms with van der Waals surface area (Å²) in [4.78, 5) is 21.1. The molecule has 2 aromatic rings. The van der Waals surface area contributed by atoms with Gasteiger partial charge in [0.2, 0.25) is 0 Å². The molecule has 0 aliphatic carbocycles. The van der Waals surface area contributed by atoms with Crippen LogP contribution in [-0.2, 0) is 14.8 Å². The summed E-state index contributed by atoms with van der Waals surface area (Å²) >= 11 is 11.7. The molecular formula is C15H12Cl2N2O6S. The van der Waals surface area contributed by atoms with Crippen LogP contribution >= 0.6 is 23.2 Å². The van der Waals surface area contributed by atoms with Crippen LogP contribution in [0.2, 0.25) is 10.0 Å². The normalized spacial score (nSPS) is 11.2. The topological polar surface area (TPSA) is 118 Å². The first-order valence-corrected chi connectivity index (χ1v) is 9.18. The number of carboxylic acids is 1. The number of rotatable bonds is 6. The number of aryl methyl sites for hydroxylation is 1. The zero-order chi connectivity index (χ0) is 19.6. The number of nitro groups is 1. The first-order chi connectivity index (χ1) is 12.0. The van der Waals surface area contributed by atoms with Gasteiger partial charge in [-0.15, -0.1) is 0 Å². The molecule has 2 rings (SSSR count). The highest BCUT2D eigenvalue weighted by atomic mass is 35.5. The van der Waals surface area contributed by atoms with Crippen LogP contribution < -0.4 is 4.31 Å². The summed E-state index contributed by atoms with van der Waals surface area (Å²) in [6, 6.07) is 7.14. The van der Waals surface area contributed by atoms with Gasteiger partial charge in [0.25, 0.3) is 15.7 Å². The number of carbonyl (C=O) groups is 1. The molecule has 26 heavy (non-hydrogen) atoms. The van der Waals surface area contributed by atoms with Crippen molar-refractivity contribution in [2.24, 2.45) is 0 Å². The van der Waals surface area contributed by atoms with Gasteiger partial charge in [-0.3, -0.25) is 19.2 Å². The maximum absolute atomic E-state index is 12.9. The number of anilines is 1. The van der Waals surface area contributed by atoms with Gasteiger partial charge in [0.1, 0.15) is 6.54 Å². The van der Waals surface area contributed by atoms with E-state index < -0.39 is 38.0 Å². The Morgan fingerprint density at radius 2 is 1.85 bits per heavy atom. The fourth-order valence-electron chi connectivity index (χ4n) is 2.15. The molecule has 0 spiro atoms. The van der Waals surface area contributed by atoms with Crippen molar-refractivity contribution in [1.82, 2.24) is 0 Å². The maximum Gasteiger partial charge on any atom is 0.324 e. The lowest BCUT2D eigenvalue weighted by Gasteiger charge is -2.23. The van der Waals surface area contributed by atoms with Crippen LogP contribution in [-0.4, -0.2) is 31.0 Å². The Labute approximate surface area is 158 Å². The first kappa shape index (κ1) is 20.0. The third-order valence-electron chi connectivity index (χ3n) is 3.44. The van der Waals surface area contributed by atoms with Gasteiger partial charge in [0.05, 0.1) is 25.6 Å². The molecule has 0 amide bonds. The molecule has 0 unspecified atom stereocenters. The highest BCUT2D eigenvalue weighted by Crippen LogP contribution is 2.31. The smallest absolute Gasteiger partial charge is 0.324 e. The summed E-state index contributed by atoms with van der Waals surface area (Å²) in [7, 11) is -4.41. The number of carboxylic acid groups (broad SMARTS) is 1. The number of nitro benzene ring substituents is 1. The van der Waals surface area contributed by atoms with Gasteiger partial charge in [-0.05, 0) is 31.2 Å². The molecule has 0 aliphatic rings. The average Bonchev–Trinajstić information content (AvgIpc) is 2.55. The quantitative estimate of drug-likeness (QED) is 0.566. The number of hydrogen-bond donors (Lipinski definition) is 1. The Balaban J connectivity index is 2.63. The van der Waals surface area contributed by atoms with Crippen LogP contribution in [0.15, 0.2) is 41.3 Å². The highest BCUT2D eigenvalue weighted by Gasteiger charge is 2.29. The average molecular weight is 419 g/mol. The zero-order valence-corrected chi connectivity index (χ0v) is 15.5. The predicted molar refractivity (Wildman–Crippen MR) is 96.5 cm³/mol. The number of sulfonamides is 1. The number of halogens is 2. The van der Waals surface area contributed by atoms with Crippen molar-refractivity contribution < 1.29 is 23.2 Å². The summed E-state index contributed by atoms with van der Waals surface area (Å²) in [5.74, 6) is -1.42. The standard InChI is InChI=1S/C15H12Cl2N2O6S/c1-9-2-4-11(7-14(9)19(22)23)26(24,25)18(8-15(20)21)10-3-5-12(16)13(17)6-10/h2-7H,8H2,1H3,(H,20,21). The van der Waals surface area contributed by atoms with Crippen LogP contribution in [0.1, 0.15) is 5.56 Å². The molecule has 0 heterocycles. The lowest BCUT2D eigenvalue weighted by molar-refractivity contribution is -0.385. The Hall–Kier alpha value is -2.36. The molecule has 8 nitrogen and oxygen atoms in total. The molecule has 0 aliphatic heterocycles. The van der Waals surface area contributed by atoms with Crippen molar-refractivity contribution >= 4 is 50.6 Å². The fourth-order valence-corrected chi connectivity index (χ4v) is 3.87. The van der Waals surface area contributed by atoms with Crippen LogP contribution in [0, 0.1) is 17.0 Å². The Bertz CT molecular complexity index is 994. The molecule has 2 aromatic carbocycles. The van der Waals surface area contributed by atoms with Gasteiger partial charge < -0.3 is 5.11 Å². The minimum atomic E-state index is -4.41. The van der Waals surface area contributed by atoms with Gasteiger partial charge >= 0.3 is 5.97 Å². The molecule has 0 atom stereocenters. The third kappa shape index (κ3) is 4.06. The van der Waals surface area contributed by atoms with E-state index in [1.54, 1.807) is 0 Å². The van der Waals surface area contributed by atoms with Crippen LogP contribution in [0.3, 0.4) is 0 Å². The van der Waals surface area contributed by atoms with Crippen molar-refractivity contribution in [3.8, 4) is 0 Å². The SMILES string of the molecule is Cc1ccc(S(=O)(=O)N(CC(=O)O)c2ccc(Cl)c(Cl)c2)cc1[N+](=O)[O-]. The molecule has 0 fully saturated rings. The van der Waals surface area contributed by atoms with E-state index in [1.165, 1.54) is 37.3 Å². The summed E-state index contributed by atoms with van der Waals surface area (Å²) in [6.45, 7) is 0.560. The lowest BCUT2D eigenvalue weighted by Crippen LogP contribution is -2.35. The van der Waals surface area contributed by atoms with Crippen molar-refractivity contribution in [1.29, 1.82) is 0 Å². The minimum Gasteiger partial charge on any atom is -0.480 e. The molecule has 0 radical (unpaired) electrons. The van der Waals surface area contributed by atoms with Crippen LogP contribution in [0.5, 0.6) is 0 Å². The largest absolute Gasteiger partial charge is 0.480 e. The van der Waals surface area contributed by atoms with E-state index in [1.807, 2.05) is 0 Å². The molecule has 1 N–H and O–H groups in total. The van der Waals surface area contributed by atoms with E-state index >= 15 is 0 Å². The van der Waals surface area contributed by atoms with Gasteiger partial charge in [0, 0.05) is 11.6 Å². The van der Waals surface area contributed by atoms with Crippen molar-refractivity contribution in [3.63, 3.8) is 0 Å². The monoisotopic (exact) mass is 418 g/mol. The second-order valence-electron chi connectivity index (χ2n) is 5.21. The number of hydrogen-bond acceptors (Lipinski definition) is 5. The molecule has 138 valence electrons. The van der Waals surface area contributed by atoms with E-state index in [2.05, 4.69) is 0 Å². The number of aliphatic carboxylic acids is 1. The summed E-state index contributed by atoms with van der Waals surface area (Å²) in [5, 5.41) is 20.4. The fraction of sp³-hybridized carbons (Fsp3) is 0.133. The highest BCUT2D eigenvalue weighted by molar-refractivity contribution is 7.92. The molecule has 11 heteroatoms. The molecule has 0 saturated heterocycles. The Morgan fingerprint density at radius 1 is 1.19 bits per heavy atom. The summed E-state index contributed by atoms with van der Waals surface area (Å²) in [6.07, 6.45) is 0. The van der Waals surface area contributed by atoms with Crippen molar-refractivity contribution in [2.45, 2.75) is 11.8 Å². The first-order valence-electron chi connectivity index (χ1n) is 6.98. The molecular weight excluding hydrogens is 407 g/mol. The van der Waals surface area contributed by atoms with Crippen LogP contribution in [0.25, 0.3) is 0 Å². The summed E-state index contributed by atoms with van der Waals surface area (Å²) < 4.78 is 26.4. The number of benzene rings is 2. The second kappa shape index (κ2) is 7.48.